The minimum atomic E-state index is -3.24. The molecule has 0 radical (unpaired) electrons. The van der Waals surface area contributed by atoms with Crippen molar-refractivity contribution in [1.29, 1.82) is 0 Å². The van der Waals surface area contributed by atoms with Crippen LogP contribution < -0.4 is 4.74 Å². The molecule has 0 aliphatic heterocycles. The molecule has 0 aliphatic rings. The molecule has 0 spiro atoms. The Morgan fingerprint density at radius 1 is 1.32 bits per heavy atom. The minimum absolute atomic E-state index is 0.0859. The van der Waals surface area contributed by atoms with E-state index >= 15 is 0 Å². The normalized spacial score (nSPS) is 11.3. The van der Waals surface area contributed by atoms with Crippen LogP contribution in [0, 0.1) is 0 Å². The Bertz CT molecular complexity index is 707. The molecule has 1 heterocycles. The van der Waals surface area contributed by atoms with Crippen molar-refractivity contribution in [1.82, 2.24) is 4.98 Å². The van der Waals surface area contributed by atoms with Crippen molar-refractivity contribution >= 4 is 39.1 Å². The van der Waals surface area contributed by atoms with Crippen LogP contribution in [-0.2, 0) is 9.84 Å². The van der Waals surface area contributed by atoms with Crippen molar-refractivity contribution in [3.8, 4) is 10.9 Å². The zero-order chi connectivity index (χ0) is 14.0. The standard InChI is InChI=1S/C11H8ClNO4S2/c1-19(15,16)8-4-2-7(3-5-8)17-11-13-10(12)9(6-14)18-11/h2-6H,1H3. The molecular weight excluding hydrogens is 310 g/mol. The molecule has 0 amide bonds. The first-order chi connectivity index (χ1) is 8.90. The molecule has 0 saturated heterocycles. The van der Waals surface area contributed by atoms with Crippen LogP contribution in [0.15, 0.2) is 29.2 Å². The number of hydrogen-bond donors (Lipinski definition) is 0. The molecule has 19 heavy (non-hydrogen) atoms. The third-order valence-electron chi connectivity index (χ3n) is 2.15. The van der Waals surface area contributed by atoms with Crippen molar-refractivity contribution in [2.75, 3.05) is 6.26 Å². The van der Waals surface area contributed by atoms with Crippen LogP contribution >= 0.6 is 22.9 Å². The molecule has 0 saturated carbocycles. The van der Waals surface area contributed by atoms with Crippen LogP contribution in [0.1, 0.15) is 9.67 Å². The summed E-state index contributed by atoms with van der Waals surface area (Å²) in [5, 5.41) is 0.307. The molecule has 0 N–H and O–H groups in total. The largest absolute Gasteiger partial charge is 0.431 e. The maximum Gasteiger partial charge on any atom is 0.280 e. The van der Waals surface area contributed by atoms with Gasteiger partial charge in [0.1, 0.15) is 10.6 Å². The molecule has 1 aromatic carbocycles. The van der Waals surface area contributed by atoms with Gasteiger partial charge in [0.15, 0.2) is 21.3 Å². The maximum absolute atomic E-state index is 11.3. The summed E-state index contributed by atoms with van der Waals surface area (Å²) in [7, 11) is -3.24. The van der Waals surface area contributed by atoms with Gasteiger partial charge in [-0.15, -0.1) is 0 Å². The van der Waals surface area contributed by atoms with E-state index in [1.807, 2.05) is 0 Å². The highest BCUT2D eigenvalue weighted by Gasteiger charge is 2.11. The summed E-state index contributed by atoms with van der Waals surface area (Å²) in [6, 6.07) is 5.87. The number of halogens is 1. The number of carbonyl (C=O) groups is 1. The summed E-state index contributed by atoms with van der Waals surface area (Å²) >= 11 is 6.72. The van der Waals surface area contributed by atoms with Crippen molar-refractivity contribution in [3.63, 3.8) is 0 Å². The lowest BCUT2D eigenvalue weighted by atomic mass is 10.3. The van der Waals surface area contributed by atoms with Gasteiger partial charge in [0.2, 0.25) is 0 Å². The Labute approximate surface area is 118 Å². The quantitative estimate of drug-likeness (QED) is 0.811. The molecule has 0 fully saturated rings. The topological polar surface area (TPSA) is 73.3 Å². The first-order valence-corrected chi connectivity index (χ1v) is 8.08. The zero-order valence-corrected chi connectivity index (χ0v) is 12.1. The van der Waals surface area contributed by atoms with E-state index in [4.69, 9.17) is 16.3 Å². The Morgan fingerprint density at radius 3 is 2.42 bits per heavy atom. The highest BCUT2D eigenvalue weighted by Crippen LogP contribution is 2.31. The van der Waals surface area contributed by atoms with Gasteiger partial charge in [-0.2, -0.15) is 4.98 Å². The van der Waals surface area contributed by atoms with Gasteiger partial charge in [0.25, 0.3) is 5.19 Å². The average Bonchev–Trinajstić information content (AvgIpc) is 2.69. The van der Waals surface area contributed by atoms with Gasteiger partial charge in [-0.25, -0.2) is 8.42 Å². The van der Waals surface area contributed by atoms with E-state index in [9.17, 15) is 13.2 Å². The lowest BCUT2D eigenvalue weighted by Crippen LogP contribution is -1.96. The number of rotatable bonds is 4. The molecule has 1 aromatic heterocycles. The van der Waals surface area contributed by atoms with Gasteiger partial charge in [-0.05, 0) is 24.3 Å². The smallest absolute Gasteiger partial charge is 0.280 e. The Hall–Kier alpha value is -1.44. The van der Waals surface area contributed by atoms with Crippen molar-refractivity contribution in [2.45, 2.75) is 4.90 Å². The van der Waals surface area contributed by atoms with Gasteiger partial charge < -0.3 is 4.74 Å². The molecule has 0 unspecified atom stereocenters. The Kier molecular flexibility index (Phi) is 3.88. The number of hydrogen-bond acceptors (Lipinski definition) is 6. The van der Waals surface area contributed by atoms with Crippen LogP contribution in [0.25, 0.3) is 0 Å². The second-order valence-electron chi connectivity index (χ2n) is 3.60. The highest BCUT2D eigenvalue weighted by atomic mass is 35.5. The molecule has 0 bridgehead atoms. The molecule has 0 atom stereocenters. The van der Waals surface area contributed by atoms with E-state index in [1.165, 1.54) is 24.3 Å². The summed E-state index contributed by atoms with van der Waals surface area (Å²) in [5.74, 6) is 0.412. The zero-order valence-electron chi connectivity index (χ0n) is 9.66. The van der Waals surface area contributed by atoms with Gasteiger partial charge in [0, 0.05) is 6.26 Å². The first kappa shape index (κ1) is 14.0. The fourth-order valence-electron chi connectivity index (χ4n) is 1.27. The van der Waals surface area contributed by atoms with Gasteiger partial charge >= 0.3 is 0 Å². The number of aldehydes is 1. The van der Waals surface area contributed by atoms with E-state index in [0.717, 1.165) is 17.6 Å². The van der Waals surface area contributed by atoms with Crippen LogP contribution in [0.2, 0.25) is 5.15 Å². The number of sulfone groups is 1. The third kappa shape index (κ3) is 3.31. The Balaban J connectivity index is 2.22. The summed E-state index contributed by atoms with van der Waals surface area (Å²) < 4.78 is 27.9. The van der Waals surface area contributed by atoms with E-state index in [2.05, 4.69) is 4.98 Å². The molecule has 2 rings (SSSR count). The van der Waals surface area contributed by atoms with Gasteiger partial charge in [-0.3, -0.25) is 4.79 Å². The van der Waals surface area contributed by atoms with E-state index in [0.29, 0.717) is 12.0 Å². The van der Waals surface area contributed by atoms with E-state index < -0.39 is 9.84 Å². The Morgan fingerprint density at radius 2 is 1.95 bits per heavy atom. The second kappa shape index (κ2) is 5.28. The van der Waals surface area contributed by atoms with E-state index in [-0.39, 0.29) is 20.1 Å². The van der Waals surface area contributed by atoms with Gasteiger partial charge in [-0.1, -0.05) is 22.9 Å². The van der Waals surface area contributed by atoms with E-state index in [1.54, 1.807) is 0 Å². The summed E-state index contributed by atoms with van der Waals surface area (Å²) in [4.78, 5) is 15.0. The molecule has 2 aromatic rings. The summed E-state index contributed by atoms with van der Waals surface area (Å²) in [6.45, 7) is 0. The fourth-order valence-corrected chi connectivity index (χ4v) is 2.82. The van der Waals surface area contributed by atoms with Crippen molar-refractivity contribution < 1.29 is 17.9 Å². The monoisotopic (exact) mass is 317 g/mol. The van der Waals surface area contributed by atoms with Crippen LogP contribution in [0.4, 0.5) is 0 Å². The maximum atomic E-state index is 11.3. The predicted octanol–water partition coefficient (Wildman–Crippen LogP) is 2.80. The lowest BCUT2D eigenvalue weighted by Gasteiger charge is -2.02. The molecule has 100 valence electrons. The number of benzene rings is 1. The number of thiazole rings is 1. The number of nitrogens with zero attached hydrogens (tertiary/aromatic N) is 1. The molecule has 8 heteroatoms. The lowest BCUT2D eigenvalue weighted by molar-refractivity contribution is 0.112. The minimum Gasteiger partial charge on any atom is -0.431 e. The SMILES string of the molecule is CS(=O)(=O)c1ccc(Oc2nc(Cl)c(C=O)s2)cc1. The highest BCUT2D eigenvalue weighted by molar-refractivity contribution is 7.90. The molecule has 0 aliphatic carbocycles. The van der Waals surface area contributed by atoms with Crippen molar-refractivity contribution in [2.24, 2.45) is 0 Å². The third-order valence-corrected chi connectivity index (χ3v) is 4.54. The summed E-state index contributed by atoms with van der Waals surface area (Å²) in [6.07, 6.45) is 1.72. The fraction of sp³-hybridized carbons (Fsp3) is 0.0909. The van der Waals surface area contributed by atoms with Crippen LogP contribution in [-0.4, -0.2) is 25.9 Å². The summed E-state index contributed by atoms with van der Waals surface area (Å²) in [5.41, 5.74) is 0. The number of carbonyl (C=O) groups excluding carboxylic acids is 1. The van der Waals surface area contributed by atoms with Crippen LogP contribution in [0.5, 0.6) is 10.9 Å². The predicted molar refractivity (Wildman–Crippen MR) is 72.1 cm³/mol. The van der Waals surface area contributed by atoms with Gasteiger partial charge in [0.05, 0.1) is 4.90 Å². The number of ether oxygens (including phenoxy) is 1. The first-order valence-electron chi connectivity index (χ1n) is 4.99. The molecule has 5 nitrogen and oxygen atoms in total. The van der Waals surface area contributed by atoms with Crippen LogP contribution in [0.3, 0.4) is 0 Å². The average molecular weight is 318 g/mol. The number of aromatic nitrogens is 1. The second-order valence-corrected chi connectivity index (χ2v) is 6.97. The van der Waals surface area contributed by atoms with Crippen molar-refractivity contribution in [3.05, 3.63) is 34.3 Å². The molecular formula is C11H8ClNO4S2.